The third-order valence-electron chi connectivity index (χ3n) is 4.53. The van der Waals surface area contributed by atoms with Gasteiger partial charge in [-0.15, -0.1) is 0 Å². The number of imidazole rings is 2. The van der Waals surface area contributed by atoms with Crippen LogP contribution in [0, 0.1) is 0 Å². The van der Waals surface area contributed by atoms with Gasteiger partial charge in [-0.2, -0.15) is 0 Å². The standard InChI is InChI=1S/C20H14Cl2N8O3S2/c21-9-1-3-11-13(5-9)25-19(23-11)34-7-15(31)27-17-18(30-33-29-17)28-16(32)8-35-20-24-12-4-2-10(22)6-14(12)26-20/h1-6H,7-8H2,(H,23,25)(H,24,26)(H,27,29,31)(H,28,30,32). The Morgan fingerprint density at radius 3 is 1.71 bits per heavy atom. The number of carbonyl (C=O) groups excluding carboxylic acids is 2. The minimum Gasteiger partial charge on any atom is -0.333 e. The van der Waals surface area contributed by atoms with Crippen LogP contribution in [0.2, 0.25) is 10.0 Å². The molecule has 0 saturated heterocycles. The van der Waals surface area contributed by atoms with E-state index in [1.165, 1.54) is 23.5 Å². The van der Waals surface area contributed by atoms with Gasteiger partial charge >= 0.3 is 0 Å². The maximum atomic E-state index is 12.4. The topological polar surface area (TPSA) is 154 Å². The van der Waals surface area contributed by atoms with Crippen molar-refractivity contribution in [1.29, 1.82) is 0 Å². The van der Waals surface area contributed by atoms with Crippen molar-refractivity contribution in [2.45, 2.75) is 10.3 Å². The average molecular weight is 549 g/mol. The van der Waals surface area contributed by atoms with Gasteiger partial charge in [0.25, 0.3) is 0 Å². The molecule has 35 heavy (non-hydrogen) atoms. The molecule has 5 rings (SSSR count). The van der Waals surface area contributed by atoms with Crippen LogP contribution in [0.15, 0.2) is 51.3 Å². The number of benzene rings is 2. The minimum atomic E-state index is -0.380. The highest BCUT2D eigenvalue weighted by Gasteiger charge is 2.17. The highest BCUT2D eigenvalue weighted by atomic mass is 35.5. The number of nitrogens with zero attached hydrogens (tertiary/aromatic N) is 4. The molecular formula is C20H14Cl2N8O3S2. The van der Waals surface area contributed by atoms with Gasteiger partial charge in [0.15, 0.2) is 10.3 Å². The number of hydrogen-bond donors (Lipinski definition) is 4. The van der Waals surface area contributed by atoms with E-state index in [9.17, 15) is 9.59 Å². The normalized spacial score (nSPS) is 11.3. The fourth-order valence-electron chi connectivity index (χ4n) is 3.01. The molecule has 3 heterocycles. The first kappa shape index (κ1) is 23.5. The summed E-state index contributed by atoms with van der Waals surface area (Å²) >= 11 is 14.4. The number of thioether (sulfide) groups is 2. The van der Waals surface area contributed by atoms with Crippen LogP contribution in [0.4, 0.5) is 11.6 Å². The van der Waals surface area contributed by atoms with Crippen molar-refractivity contribution < 1.29 is 14.2 Å². The van der Waals surface area contributed by atoms with Crippen molar-refractivity contribution in [3.05, 3.63) is 46.4 Å². The zero-order valence-electron chi connectivity index (χ0n) is 17.5. The first-order valence-electron chi connectivity index (χ1n) is 9.91. The van der Waals surface area contributed by atoms with Crippen molar-refractivity contribution >= 4 is 92.2 Å². The molecule has 0 saturated carbocycles. The Labute approximate surface area is 215 Å². The molecule has 0 unspecified atom stereocenters. The van der Waals surface area contributed by atoms with E-state index in [1.54, 1.807) is 36.4 Å². The number of aromatic amines is 2. The molecule has 5 aromatic rings. The number of carbonyl (C=O) groups is 2. The Morgan fingerprint density at radius 1 is 0.800 bits per heavy atom. The average Bonchev–Trinajstić information content (AvgIpc) is 3.54. The van der Waals surface area contributed by atoms with E-state index in [4.69, 9.17) is 23.2 Å². The number of hydrogen-bond acceptors (Lipinski definition) is 9. The number of rotatable bonds is 8. The van der Waals surface area contributed by atoms with E-state index in [0.717, 1.165) is 22.1 Å². The van der Waals surface area contributed by atoms with E-state index >= 15 is 0 Å². The van der Waals surface area contributed by atoms with Crippen molar-refractivity contribution in [2.75, 3.05) is 22.1 Å². The van der Waals surface area contributed by atoms with E-state index < -0.39 is 0 Å². The maximum Gasteiger partial charge on any atom is 0.236 e. The second kappa shape index (κ2) is 10.2. The lowest BCUT2D eigenvalue weighted by molar-refractivity contribution is -0.114. The summed E-state index contributed by atoms with van der Waals surface area (Å²) in [5.74, 6) is -0.670. The Bertz CT molecular complexity index is 1440. The third kappa shape index (κ3) is 5.70. The third-order valence-corrected chi connectivity index (χ3v) is 6.75. The molecule has 0 atom stereocenters. The molecule has 11 nitrogen and oxygen atoms in total. The molecule has 2 aromatic carbocycles. The van der Waals surface area contributed by atoms with Crippen LogP contribution in [-0.4, -0.2) is 53.6 Å². The summed E-state index contributed by atoms with van der Waals surface area (Å²) in [7, 11) is 0. The Morgan fingerprint density at radius 2 is 1.26 bits per heavy atom. The smallest absolute Gasteiger partial charge is 0.236 e. The monoisotopic (exact) mass is 548 g/mol. The Hall–Kier alpha value is -3.26. The molecule has 4 N–H and O–H groups in total. The van der Waals surface area contributed by atoms with Gasteiger partial charge in [-0.05, 0) is 46.7 Å². The summed E-state index contributed by atoms with van der Waals surface area (Å²) in [5.41, 5.74) is 3.03. The molecule has 3 aromatic heterocycles. The van der Waals surface area contributed by atoms with Gasteiger partial charge in [0.1, 0.15) is 0 Å². The Kier molecular flexibility index (Phi) is 6.81. The molecule has 178 valence electrons. The molecule has 0 aliphatic heterocycles. The lowest BCUT2D eigenvalue weighted by atomic mass is 10.3. The zero-order chi connectivity index (χ0) is 24.4. The molecule has 15 heteroatoms. The van der Waals surface area contributed by atoms with Gasteiger partial charge in [0.2, 0.25) is 23.5 Å². The van der Waals surface area contributed by atoms with Crippen LogP contribution < -0.4 is 10.6 Å². The lowest BCUT2D eigenvalue weighted by Gasteiger charge is -2.03. The van der Waals surface area contributed by atoms with E-state index in [0.29, 0.717) is 20.4 Å². The summed E-state index contributed by atoms with van der Waals surface area (Å²) < 4.78 is 4.67. The Balaban J connectivity index is 1.13. The fourth-order valence-corrected chi connectivity index (χ4v) is 4.72. The summed E-state index contributed by atoms with van der Waals surface area (Å²) in [5, 5.41) is 14.7. The van der Waals surface area contributed by atoms with Crippen molar-refractivity contribution in [3.63, 3.8) is 0 Å². The van der Waals surface area contributed by atoms with Crippen LogP contribution in [0.25, 0.3) is 22.1 Å². The first-order chi connectivity index (χ1) is 16.9. The van der Waals surface area contributed by atoms with Gasteiger partial charge < -0.3 is 20.6 Å². The number of amides is 2. The SMILES string of the molecule is O=C(CSc1nc2ccc(Cl)cc2[nH]1)Nc1nonc1NC(=O)CSc1nc2ccc(Cl)cc2[nH]1. The van der Waals surface area contributed by atoms with Gasteiger partial charge in [-0.1, -0.05) is 46.7 Å². The zero-order valence-corrected chi connectivity index (χ0v) is 20.6. The largest absolute Gasteiger partial charge is 0.333 e. The number of anilines is 2. The van der Waals surface area contributed by atoms with Crippen LogP contribution in [0.3, 0.4) is 0 Å². The molecule has 0 bridgehead atoms. The number of nitrogens with one attached hydrogen (secondary N) is 4. The van der Waals surface area contributed by atoms with Crippen LogP contribution in [0.5, 0.6) is 0 Å². The number of halogens is 2. The van der Waals surface area contributed by atoms with E-state index in [2.05, 4.69) is 45.5 Å². The van der Waals surface area contributed by atoms with Crippen molar-refractivity contribution in [2.24, 2.45) is 0 Å². The minimum absolute atomic E-state index is 0.00344. The number of aromatic nitrogens is 6. The summed E-state index contributed by atoms with van der Waals surface area (Å²) in [4.78, 5) is 39.7. The van der Waals surface area contributed by atoms with Gasteiger partial charge in [-0.3, -0.25) is 9.59 Å². The van der Waals surface area contributed by atoms with Crippen molar-refractivity contribution in [1.82, 2.24) is 30.2 Å². The quantitative estimate of drug-likeness (QED) is 0.204. The highest BCUT2D eigenvalue weighted by Crippen LogP contribution is 2.24. The second-order valence-corrected chi connectivity index (χ2v) is 9.84. The highest BCUT2D eigenvalue weighted by molar-refractivity contribution is 8.00. The molecule has 2 amide bonds. The first-order valence-corrected chi connectivity index (χ1v) is 12.6. The number of fused-ring (bicyclic) bond motifs is 2. The molecular weight excluding hydrogens is 535 g/mol. The van der Waals surface area contributed by atoms with Gasteiger partial charge in [-0.25, -0.2) is 14.6 Å². The molecule has 0 spiro atoms. The second-order valence-electron chi connectivity index (χ2n) is 7.04. The molecule has 0 aliphatic rings. The van der Waals surface area contributed by atoms with Gasteiger partial charge in [0.05, 0.1) is 33.6 Å². The van der Waals surface area contributed by atoms with E-state index in [-0.39, 0.29) is 35.0 Å². The summed E-state index contributed by atoms with van der Waals surface area (Å²) in [6.45, 7) is 0. The fraction of sp³-hybridized carbons (Fsp3) is 0.100. The van der Waals surface area contributed by atoms with Crippen LogP contribution in [0.1, 0.15) is 0 Å². The predicted octanol–water partition coefficient (Wildman–Crippen LogP) is 4.59. The molecule has 0 aliphatic carbocycles. The van der Waals surface area contributed by atoms with Crippen molar-refractivity contribution in [3.8, 4) is 0 Å². The number of H-pyrrole nitrogens is 2. The molecule has 0 fully saturated rings. The van der Waals surface area contributed by atoms with Crippen LogP contribution >= 0.6 is 46.7 Å². The van der Waals surface area contributed by atoms with Crippen LogP contribution in [-0.2, 0) is 9.59 Å². The predicted molar refractivity (Wildman–Crippen MR) is 135 cm³/mol. The summed E-state index contributed by atoms with van der Waals surface area (Å²) in [6, 6.07) is 10.6. The summed E-state index contributed by atoms with van der Waals surface area (Å²) in [6.07, 6.45) is 0. The maximum absolute atomic E-state index is 12.4. The lowest BCUT2D eigenvalue weighted by Crippen LogP contribution is -2.19. The van der Waals surface area contributed by atoms with Gasteiger partial charge in [0, 0.05) is 10.0 Å². The van der Waals surface area contributed by atoms with E-state index in [1.807, 2.05) is 0 Å². The molecule has 0 radical (unpaired) electrons.